The van der Waals surface area contributed by atoms with E-state index in [1.165, 1.54) is 0 Å². The molecule has 0 spiro atoms. The standard InChI is InChI=1S/C17H25N3O4/c1-13-10-20(7-8-24-13)17(22)12-19(2)11-16(21)18-14-5-4-6-15(9-14)23-3/h4-6,9,13H,7-8,10-12H2,1-3H3,(H,18,21). The van der Waals surface area contributed by atoms with Crippen molar-refractivity contribution in [3.8, 4) is 5.75 Å². The molecule has 1 fully saturated rings. The molecular weight excluding hydrogens is 310 g/mol. The normalized spacial score (nSPS) is 17.7. The van der Waals surface area contributed by atoms with Crippen molar-refractivity contribution >= 4 is 17.5 Å². The maximum atomic E-state index is 12.3. The van der Waals surface area contributed by atoms with Crippen LogP contribution in [-0.4, -0.2) is 74.7 Å². The molecule has 7 heteroatoms. The van der Waals surface area contributed by atoms with E-state index < -0.39 is 0 Å². The van der Waals surface area contributed by atoms with Gasteiger partial charge in [0.25, 0.3) is 0 Å². The number of benzene rings is 1. The Labute approximate surface area is 142 Å². The summed E-state index contributed by atoms with van der Waals surface area (Å²) in [4.78, 5) is 27.8. The average Bonchev–Trinajstić information content (AvgIpc) is 2.54. The largest absolute Gasteiger partial charge is 0.497 e. The Kier molecular flexibility index (Phi) is 6.57. The molecule has 0 bridgehead atoms. The van der Waals surface area contributed by atoms with E-state index >= 15 is 0 Å². The van der Waals surface area contributed by atoms with Gasteiger partial charge < -0.3 is 19.7 Å². The second-order valence-electron chi connectivity index (χ2n) is 5.97. The molecule has 0 saturated carbocycles. The Morgan fingerprint density at radius 2 is 2.21 bits per heavy atom. The van der Waals surface area contributed by atoms with Crippen molar-refractivity contribution in [1.82, 2.24) is 9.80 Å². The zero-order chi connectivity index (χ0) is 17.5. The van der Waals surface area contributed by atoms with Crippen molar-refractivity contribution in [3.05, 3.63) is 24.3 Å². The van der Waals surface area contributed by atoms with Crippen LogP contribution in [0.15, 0.2) is 24.3 Å². The molecule has 1 saturated heterocycles. The zero-order valence-electron chi connectivity index (χ0n) is 14.4. The highest BCUT2D eigenvalue weighted by atomic mass is 16.5. The monoisotopic (exact) mass is 335 g/mol. The molecule has 1 N–H and O–H groups in total. The topological polar surface area (TPSA) is 71.1 Å². The van der Waals surface area contributed by atoms with Gasteiger partial charge in [0.05, 0.1) is 32.9 Å². The Bertz CT molecular complexity index is 579. The van der Waals surface area contributed by atoms with Gasteiger partial charge >= 0.3 is 0 Å². The quantitative estimate of drug-likeness (QED) is 0.833. The molecule has 24 heavy (non-hydrogen) atoms. The van der Waals surface area contributed by atoms with Gasteiger partial charge in [-0.25, -0.2) is 0 Å². The van der Waals surface area contributed by atoms with E-state index in [-0.39, 0.29) is 31.0 Å². The van der Waals surface area contributed by atoms with E-state index in [2.05, 4.69) is 5.32 Å². The van der Waals surface area contributed by atoms with Crippen LogP contribution in [-0.2, 0) is 14.3 Å². The highest BCUT2D eigenvalue weighted by Gasteiger charge is 2.22. The van der Waals surface area contributed by atoms with Crippen LogP contribution >= 0.6 is 0 Å². The minimum absolute atomic E-state index is 0.0156. The lowest BCUT2D eigenvalue weighted by Gasteiger charge is -2.32. The Balaban J connectivity index is 1.79. The molecule has 7 nitrogen and oxygen atoms in total. The van der Waals surface area contributed by atoms with Crippen LogP contribution in [0.1, 0.15) is 6.92 Å². The van der Waals surface area contributed by atoms with Crippen molar-refractivity contribution in [1.29, 1.82) is 0 Å². The summed E-state index contributed by atoms with van der Waals surface area (Å²) in [5.41, 5.74) is 0.668. The molecule has 1 heterocycles. The van der Waals surface area contributed by atoms with E-state index in [1.807, 2.05) is 13.0 Å². The third-order valence-electron chi connectivity index (χ3n) is 3.77. The van der Waals surface area contributed by atoms with Gasteiger partial charge in [0.15, 0.2) is 0 Å². The summed E-state index contributed by atoms with van der Waals surface area (Å²) in [6, 6.07) is 7.16. The van der Waals surface area contributed by atoms with E-state index in [4.69, 9.17) is 9.47 Å². The minimum atomic E-state index is -0.172. The van der Waals surface area contributed by atoms with Gasteiger partial charge in [-0.1, -0.05) is 6.07 Å². The maximum Gasteiger partial charge on any atom is 0.238 e. The number of likely N-dealkylation sites (N-methyl/N-ethyl adjacent to an activating group) is 1. The number of nitrogens with one attached hydrogen (secondary N) is 1. The fourth-order valence-electron chi connectivity index (χ4n) is 2.58. The van der Waals surface area contributed by atoms with Crippen molar-refractivity contribution in [2.45, 2.75) is 13.0 Å². The Morgan fingerprint density at radius 1 is 1.42 bits per heavy atom. The first kappa shape index (κ1) is 18.2. The van der Waals surface area contributed by atoms with Crippen LogP contribution < -0.4 is 10.1 Å². The summed E-state index contributed by atoms with van der Waals surface area (Å²) in [6.07, 6.45) is 0.0596. The first-order valence-corrected chi connectivity index (χ1v) is 7.99. The number of rotatable bonds is 6. The number of carbonyl (C=O) groups is 2. The van der Waals surface area contributed by atoms with E-state index in [0.717, 1.165) is 0 Å². The highest BCUT2D eigenvalue weighted by Crippen LogP contribution is 2.16. The number of ether oxygens (including phenoxy) is 2. The fraction of sp³-hybridized carbons (Fsp3) is 0.529. The number of carbonyl (C=O) groups excluding carboxylic acids is 2. The van der Waals surface area contributed by atoms with Gasteiger partial charge in [0.2, 0.25) is 11.8 Å². The summed E-state index contributed by atoms with van der Waals surface area (Å²) in [6.45, 7) is 4.06. The zero-order valence-corrected chi connectivity index (χ0v) is 14.4. The second kappa shape index (κ2) is 8.65. The number of nitrogens with zero attached hydrogens (tertiary/aromatic N) is 2. The summed E-state index contributed by atoms with van der Waals surface area (Å²) in [7, 11) is 3.33. The summed E-state index contributed by atoms with van der Waals surface area (Å²) in [5.74, 6) is 0.522. The number of methoxy groups -OCH3 is 1. The average molecular weight is 335 g/mol. The molecule has 132 valence electrons. The molecule has 2 rings (SSSR count). The molecule has 2 amide bonds. The van der Waals surface area contributed by atoms with Gasteiger partial charge in [0, 0.05) is 24.8 Å². The molecule has 0 aliphatic carbocycles. The number of anilines is 1. The summed E-state index contributed by atoms with van der Waals surface area (Å²) < 4.78 is 10.6. The molecular formula is C17H25N3O4. The predicted molar refractivity (Wildman–Crippen MR) is 91.1 cm³/mol. The minimum Gasteiger partial charge on any atom is -0.497 e. The lowest BCUT2D eigenvalue weighted by atomic mass is 10.3. The first-order valence-electron chi connectivity index (χ1n) is 7.99. The lowest BCUT2D eigenvalue weighted by molar-refractivity contribution is -0.139. The van der Waals surface area contributed by atoms with Crippen LogP contribution in [0.2, 0.25) is 0 Å². The molecule has 1 aliphatic rings. The van der Waals surface area contributed by atoms with Crippen LogP contribution in [0, 0.1) is 0 Å². The molecule has 0 aromatic heterocycles. The number of hydrogen-bond acceptors (Lipinski definition) is 5. The Morgan fingerprint density at radius 3 is 2.92 bits per heavy atom. The lowest BCUT2D eigenvalue weighted by Crippen LogP contribution is -2.48. The van der Waals surface area contributed by atoms with Gasteiger partial charge in [-0.2, -0.15) is 0 Å². The third-order valence-corrected chi connectivity index (χ3v) is 3.77. The molecule has 0 radical (unpaired) electrons. The van der Waals surface area contributed by atoms with Crippen LogP contribution in [0.5, 0.6) is 5.75 Å². The van der Waals surface area contributed by atoms with E-state index in [0.29, 0.717) is 31.1 Å². The molecule has 1 atom stereocenters. The molecule has 1 aliphatic heterocycles. The third kappa shape index (κ3) is 5.50. The van der Waals surface area contributed by atoms with Crippen LogP contribution in [0.4, 0.5) is 5.69 Å². The molecule has 1 aromatic carbocycles. The van der Waals surface area contributed by atoms with Crippen molar-refractivity contribution in [2.24, 2.45) is 0 Å². The van der Waals surface area contributed by atoms with E-state index in [1.54, 1.807) is 42.2 Å². The number of amides is 2. The predicted octanol–water partition coefficient (Wildman–Crippen LogP) is 0.813. The van der Waals surface area contributed by atoms with Crippen molar-refractivity contribution in [3.63, 3.8) is 0 Å². The SMILES string of the molecule is COc1cccc(NC(=O)CN(C)CC(=O)N2CCOC(C)C2)c1. The van der Waals surface area contributed by atoms with Gasteiger partial charge in [0.1, 0.15) is 5.75 Å². The van der Waals surface area contributed by atoms with Gasteiger partial charge in [-0.3, -0.25) is 14.5 Å². The van der Waals surface area contributed by atoms with Crippen molar-refractivity contribution in [2.75, 3.05) is 52.3 Å². The van der Waals surface area contributed by atoms with Crippen LogP contribution in [0.3, 0.4) is 0 Å². The van der Waals surface area contributed by atoms with E-state index in [9.17, 15) is 9.59 Å². The fourth-order valence-corrected chi connectivity index (χ4v) is 2.58. The summed E-state index contributed by atoms with van der Waals surface area (Å²) in [5, 5.41) is 2.80. The van der Waals surface area contributed by atoms with Crippen molar-refractivity contribution < 1.29 is 19.1 Å². The maximum absolute atomic E-state index is 12.3. The molecule has 1 unspecified atom stereocenters. The summed E-state index contributed by atoms with van der Waals surface area (Å²) >= 11 is 0. The Hall–Kier alpha value is -2.12. The van der Waals surface area contributed by atoms with Crippen LogP contribution in [0.25, 0.3) is 0 Å². The van der Waals surface area contributed by atoms with Gasteiger partial charge in [-0.05, 0) is 26.1 Å². The number of hydrogen-bond donors (Lipinski definition) is 1. The highest BCUT2D eigenvalue weighted by molar-refractivity contribution is 5.92. The first-order chi connectivity index (χ1) is 11.5. The number of morpholine rings is 1. The van der Waals surface area contributed by atoms with Gasteiger partial charge in [-0.15, -0.1) is 0 Å². The molecule has 1 aromatic rings. The second-order valence-corrected chi connectivity index (χ2v) is 5.97. The smallest absolute Gasteiger partial charge is 0.238 e.